The first-order chi connectivity index (χ1) is 18.0. The second-order valence-electron chi connectivity index (χ2n) is 11.9. The molecule has 0 bridgehead atoms. The summed E-state index contributed by atoms with van der Waals surface area (Å²) < 4.78 is 12.8. The molecular formula is C32H42N2O2S. The lowest BCUT2D eigenvalue weighted by atomic mass is 9.65. The highest BCUT2D eigenvalue weighted by molar-refractivity contribution is 7.80. The molecule has 1 aliphatic heterocycles. The highest BCUT2D eigenvalue weighted by atomic mass is 32.1. The number of fused-ring (bicyclic) bond motifs is 3. The van der Waals surface area contributed by atoms with E-state index in [1.807, 2.05) is 7.11 Å². The van der Waals surface area contributed by atoms with Crippen LogP contribution in [0.15, 0.2) is 48.0 Å². The van der Waals surface area contributed by atoms with Gasteiger partial charge in [0.15, 0.2) is 0 Å². The zero-order valence-electron chi connectivity index (χ0n) is 22.4. The summed E-state index contributed by atoms with van der Waals surface area (Å²) in [6.07, 6.45) is 9.83. The van der Waals surface area contributed by atoms with Crippen molar-refractivity contribution in [1.82, 2.24) is 0 Å². The van der Waals surface area contributed by atoms with Gasteiger partial charge in [-0.05, 0) is 103 Å². The standard InChI is InChI=1S/C32H42N2O2S/c1-21-5-11-28-23(14-21)4-3-13-32(28)19-34(29-15-22(16-33)6-12-30(29)36-20-32)17-24-7-9-26(24)31(35-2)27-10-8-25(27)18-37/h5-6,10-12,14-15,24-26,31,37H,3-4,7-9,13,16-20,33H2,1-2H3/t24-,25-,26+,31+,32-/m0/s1. The Bertz CT molecular complexity index is 1180. The number of benzene rings is 2. The first-order valence-electron chi connectivity index (χ1n) is 14.2. The van der Waals surface area contributed by atoms with Crippen molar-refractivity contribution >= 4 is 18.3 Å². The molecule has 5 atom stereocenters. The number of ether oxygens (including phenoxy) is 2. The first-order valence-corrected chi connectivity index (χ1v) is 14.8. The zero-order chi connectivity index (χ0) is 25.6. The molecule has 6 rings (SSSR count). The number of rotatable bonds is 7. The lowest BCUT2D eigenvalue weighted by molar-refractivity contribution is -0.00142. The Kier molecular flexibility index (Phi) is 7.06. The van der Waals surface area contributed by atoms with Crippen LogP contribution in [0.25, 0.3) is 0 Å². The molecule has 0 radical (unpaired) electrons. The molecule has 198 valence electrons. The van der Waals surface area contributed by atoms with E-state index in [-0.39, 0.29) is 11.5 Å². The molecule has 2 N–H and O–H groups in total. The number of thiol groups is 1. The number of allylic oxidation sites excluding steroid dienone is 1. The largest absolute Gasteiger partial charge is 0.490 e. The van der Waals surface area contributed by atoms with E-state index < -0.39 is 0 Å². The van der Waals surface area contributed by atoms with Crippen LogP contribution in [-0.2, 0) is 23.1 Å². The Balaban J connectivity index is 1.33. The minimum Gasteiger partial charge on any atom is -0.490 e. The monoisotopic (exact) mass is 518 g/mol. The maximum atomic E-state index is 6.66. The number of hydrogen-bond donors (Lipinski definition) is 2. The van der Waals surface area contributed by atoms with Crippen LogP contribution in [0.1, 0.15) is 54.4 Å². The lowest BCUT2D eigenvalue weighted by Gasteiger charge is -2.48. The third-order valence-corrected chi connectivity index (χ3v) is 10.2. The van der Waals surface area contributed by atoms with Crippen LogP contribution in [-0.4, -0.2) is 38.7 Å². The van der Waals surface area contributed by atoms with E-state index in [0.717, 1.165) is 37.6 Å². The molecule has 2 aromatic rings. The summed E-state index contributed by atoms with van der Waals surface area (Å²) in [4.78, 5) is 2.66. The predicted octanol–water partition coefficient (Wildman–Crippen LogP) is 5.84. The fraction of sp³-hybridized carbons (Fsp3) is 0.562. The molecule has 3 aliphatic carbocycles. The van der Waals surface area contributed by atoms with Crippen LogP contribution in [0.3, 0.4) is 0 Å². The van der Waals surface area contributed by atoms with E-state index in [4.69, 9.17) is 15.2 Å². The van der Waals surface area contributed by atoms with Crippen LogP contribution in [0, 0.1) is 24.7 Å². The Morgan fingerprint density at radius 2 is 2.11 bits per heavy atom. The summed E-state index contributed by atoms with van der Waals surface area (Å²) in [5, 5.41) is 0. The molecule has 0 unspecified atom stereocenters. The fourth-order valence-corrected chi connectivity index (χ4v) is 7.82. The molecule has 0 amide bonds. The normalized spacial score (nSPS) is 29.2. The molecule has 1 fully saturated rings. The number of hydrogen-bond acceptors (Lipinski definition) is 5. The van der Waals surface area contributed by atoms with E-state index in [0.29, 0.717) is 24.3 Å². The minimum atomic E-state index is 0.0106. The van der Waals surface area contributed by atoms with Crippen molar-refractivity contribution in [1.29, 1.82) is 0 Å². The van der Waals surface area contributed by atoms with Crippen molar-refractivity contribution in [3.8, 4) is 5.75 Å². The highest BCUT2D eigenvalue weighted by Gasteiger charge is 2.46. The van der Waals surface area contributed by atoms with Gasteiger partial charge in [-0.3, -0.25) is 0 Å². The van der Waals surface area contributed by atoms with Gasteiger partial charge in [0.1, 0.15) is 5.75 Å². The second kappa shape index (κ2) is 10.3. The second-order valence-corrected chi connectivity index (χ2v) is 12.3. The molecule has 4 nitrogen and oxygen atoms in total. The van der Waals surface area contributed by atoms with Crippen molar-refractivity contribution in [2.75, 3.05) is 37.5 Å². The molecule has 4 aliphatic rings. The number of aryl methyl sites for hydroxylation is 2. The van der Waals surface area contributed by atoms with Crippen molar-refractivity contribution < 1.29 is 9.47 Å². The minimum absolute atomic E-state index is 0.0106. The van der Waals surface area contributed by atoms with Gasteiger partial charge in [0.2, 0.25) is 0 Å². The Morgan fingerprint density at radius 1 is 1.22 bits per heavy atom. The molecule has 1 saturated carbocycles. The molecular weight excluding hydrogens is 476 g/mol. The fourth-order valence-electron chi connectivity index (χ4n) is 7.46. The van der Waals surface area contributed by atoms with E-state index in [9.17, 15) is 0 Å². The lowest BCUT2D eigenvalue weighted by Crippen LogP contribution is -2.50. The smallest absolute Gasteiger partial charge is 0.142 e. The number of nitrogens with two attached hydrogens (primary N) is 1. The van der Waals surface area contributed by atoms with Gasteiger partial charge in [0.25, 0.3) is 0 Å². The van der Waals surface area contributed by atoms with Crippen LogP contribution in [0.5, 0.6) is 5.75 Å². The average molecular weight is 519 g/mol. The molecule has 1 spiro atoms. The van der Waals surface area contributed by atoms with Crippen molar-refractivity contribution in [2.45, 2.75) is 63.5 Å². The van der Waals surface area contributed by atoms with Gasteiger partial charge < -0.3 is 20.1 Å². The van der Waals surface area contributed by atoms with Gasteiger partial charge in [-0.2, -0.15) is 12.6 Å². The maximum absolute atomic E-state index is 6.66. The van der Waals surface area contributed by atoms with E-state index in [1.54, 1.807) is 0 Å². The van der Waals surface area contributed by atoms with E-state index in [1.165, 1.54) is 65.6 Å². The summed E-state index contributed by atoms with van der Waals surface area (Å²) in [6.45, 7) is 5.52. The Morgan fingerprint density at radius 3 is 2.81 bits per heavy atom. The van der Waals surface area contributed by atoms with Crippen molar-refractivity contribution in [3.63, 3.8) is 0 Å². The molecule has 2 aromatic carbocycles. The van der Waals surface area contributed by atoms with Gasteiger partial charge in [-0.1, -0.05) is 35.9 Å². The van der Waals surface area contributed by atoms with Crippen LogP contribution < -0.4 is 15.4 Å². The van der Waals surface area contributed by atoms with Crippen molar-refractivity contribution in [3.05, 3.63) is 70.3 Å². The third-order valence-electron chi connectivity index (χ3n) is 9.76. The number of nitrogens with zero attached hydrogens (tertiary/aromatic N) is 1. The molecule has 0 aromatic heterocycles. The van der Waals surface area contributed by atoms with Crippen molar-refractivity contribution in [2.24, 2.45) is 23.5 Å². The summed E-state index contributed by atoms with van der Waals surface area (Å²) in [6, 6.07) is 13.6. The van der Waals surface area contributed by atoms with E-state index in [2.05, 4.69) is 66.9 Å². The summed E-state index contributed by atoms with van der Waals surface area (Å²) in [5.74, 6) is 3.69. The van der Waals surface area contributed by atoms with Crippen LogP contribution in [0.2, 0.25) is 0 Å². The summed E-state index contributed by atoms with van der Waals surface area (Å²) in [7, 11) is 1.90. The molecule has 0 saturated heterocycles. The quantitative estimate of drug-likeness (QED) is 0.357. The third kappa shape index (κ3) is 4.51. The molecule has 1 heterocycles. The predicted molar refractivity (Wildman–Crippen MR) is 155 cm³/mol. The van der Waals surface area contributed by atoms with Gasteiger partial charge >= 0.3 is 0 Å². The SMILES string of the molecule is CO[C@@H](C1=CC[C@H]1CS)[C@@H]1CC[C@H]1CN1C[C@@]2(CCCc3cc(C)ccc32)COc2ccc(CN)cc21. The van der Waals surface area contributed by atoms with Crippen LogP contribution >= 0.6 is 12.6 Å². The Hall–Kier alpha value is -1.95. The van der Waals surface area contributed by atoms with Crippen LogP contribution in [0.4, 0.5) is 5.69 Å². The summed E-state index contributed by atoms with van der Waals surface area (Å²) >= 11 is 4.60. The molecule has 5 heteroatoms. The number of methoxy groups -OCH3 is 1. The zero-order valence-corrected chi connectivity index (χ0v) is 23.3. The van der Waals surface area contributed by atoms with E-state index >= 15 is 0 Å². The maximum Gasteiger partial charge on any atom is 0.142 e. The molecule has 37 heavy (non-hydrogen) atoms. The van der Waals surface area contributed by atoms with Gasteiger partial charge in [0, 0.05) is 32.2 Å². The first kappa shape index (κ1) is 25.3. The van der Waals surface area contributed by atoms with Gasteiger partial charge in [-0.15, -0.1) is 0 Å². The average Bonchev–Trinajstić information content (AvgIpc) is 3.02. The highest BCUT2D eigenvalue weighted by Crippen LogP contribution is 2.48. The van der Waals surface area contributed by atoms with Gasteiger partial charge in [-0.25, -0.2) is 0 Å². The Labute approximate surface area is 228 Å². The topological polar surface area (TPSA) is 47.7 Å². The summed E-state index contributed by atoms with van der Waals surface area (Å²) in [5.41, 5.74) is 14.3. The van der Waals surface area contributed by atoms with Gasteiger partial charge in [0.05, 0.1) is 18.4 Å². The number of anilines is 1.